The lowest BCUT2D eigenvalue weighted by atomic mass is 10.1. The van der Waals surface area contributed by atoms with Gasteiger partial charge in [-0.2, -0.15) is 0 Å². The highest BCUT2D eigenvalue weighted by Gasteiger charge is 2.13. The van der Waals surface area contributed by atoms with Crippen LogP contribution >= 0.6 is 0 Å². The molecule has 0 saturated heterocycles. The Morgan fingerprint density at radius 3 is 2.38 bits per heavy atom. The van der Waals surface area contributed by atoms with E-state index in [9.17, 15) is 14.0 Å². The molecule has 1 atom stereocenters. The molecular formula is C16H14FNO3. The molecule has 1 aromatic carbocycles. The minimum atomic E-state index is -1.06. The molecule has 1 aromatic heterocycles. The molecule has 0 spiro atoms. The first-order valence-electron chi connectivity index (χ1n) is 6.36. The SMILES string of the molecule is CC(C(=O)O)n1ccc(/C=C/c2ccc(F)cc2)cc1=O. The summed E-state index contributed by atoms with van der Waals surface area (Å²) >= 11 is 0. The maximum Gasteiger partial charge on any atom is 0.326 e. The Labute approximate surface area is 120 Å². The van der Waals surface area contributed by atoms with Crippen LogP contribution in [-0.4, -0.2) is 15.6 Å². The number of benzene rings is 1. The molecule has 1 unspecified atom stereocenters. The van der Waals surface area contributed by atoms with Crippen molar-refractivity contribution in [3.63, 3.8) is 0 Å². The van der Waals surface area contributed by atoms with Crippen molar-refractivity contribution >= 4 is 18.1 Å². The quantitative estimate of drug-likeness (QED) is 0.940. The van der Waals surface area contributed by atoms with Crippen LogP contribution in [0.1, 0.15) is 24.1 Å². The van der Waals surface area contributed by atoms with Crippen LogP contribution in [0.15, 0.2) is 47.4 Å². The van der Waals surface area contributed by atoms with Gasteiger partial charge in [0.2, 0.25) is 0 Å². The predicted molar refractivity (Wildman–Crippen MR) is 78.4 cm³/mol. The van der Waals surface area contributed by atoms with Gasteiger partial charge in [0.15, 0.2) is 0 Å². The van der Waals surface area contributed by atoms with E-state index in [1.54, 1.807) is 30.4 Å². The van der Waals surface area contributed by atoms with Crippen LogP contribution in [0.2, 0.25) is 0 Å². The fourth-order valence-electron chi connectivity index (χ4n) is 1.81. The normalized spacial score (nSPS) is 12.5. The van der Waals surface area contributed by atoms with E-state index in [1.165, 1.54) is 31.3 Å². The number of aliphatic carboxylic acids is 1. The Balaban J connectivity index is 2.22. The molecule has 5 heteroatoms. The fraction of sp³-hybridized carbons (Fsp3) is 0.125. The number of carboxylic acids is 1. The van der Waals surface area contributed by atoms with Crippen molar-refractivity contribution in [2.24, 2.45) is 0 Å². The number of hydrogen-bond acceptors (Lipinski definition) is 2. The van der Waals surface area contributed by atoms with Crippen LogP contribution in [-0.2, 0) is 4.79 Å². The van der Waals surface area contributed by atoms with Crippen molar-refractivity contribution in [3.05, 3.63) is 69.9 Å². The lowest BCUT2D eigenvalue weighted by molar-refractivity contribution is -0.140. The van der Waals surface area contributed by atoms with Gasteiger partial charge in [-0.3, -0.25) is 4.79 Å². The zero-order valence-corrected chi connectivity index (χ0v) is 11.4. The van der Waals surface area contributed by atoms with E-state index in [4.69, 9.17) is 5.11 Å². The zero-order valence-electron chi connectivity index (χ0n) is 11.4. The third-order valence-electron chi connectivity index (χ3n) is 3.09. The number of pyridine rings is 1. The number of carbonyl (C=O) groups is 1. The average molecular weight is 287 g/mol. The number of halogens is 1. The van der Waals surface area contributed by atoms with Gasteiger partial charge >= 0.3 is 5.97 Å². The third-order valence-corrected chi connectivity index (χ3v) is 3.09. The molecule has 21 heavy (non-hydrogen) atoms. The van der Waals surface area contributed by atoms with Gasteiger partial charge in [0.25, 0.3) is 5.56 Å². The number of carboxylic acid groups (broad SMARTS) is 1. The zero-order chi connectivity index (χ0) is 15.4. The lowest BCUT2D eigenvalue weighted by Gasteiger charge is -2.09. The Hall–Kier alpha value is -2.69. The summed E-state index contributed by atoms with van der Waals surface area (Å²) in [6.45, 7) is 1.44. The topological polar surface area (TPSA) is 59.3 Å². The number of aromatic nitrogens is 1. The summed E-state index contributed by atoms with van der Waals surface area (Å²) < 4.78 is 13.9. The van der Waals surface area contributed by atoms with Crippen molar-refractivity contribution in [1.29, 1.82) is 0 Å². The highest BCUT2D eigenvalue weighted by molar-refractivity contribution is 5.72. The van der Waals surface area contributed by atoms with Gasteiger partial charge in [-0.05, 0) is 36.2 Å². The summed E-state index contributed by atoms with van der Waals surface area (Å²) in [5.74, 6) is -1.37. The van der Waals surface area contributed by atoms with E-state index in [2.05, 4.69) is 0 Å². The van der Waals surface area contributed by atoms with Crippen molar-refractivity contribution in [2.75, 3.05) is 0 Å². The molecule has 0 aliphatic rings. The van der Waals surface area contributed by atoms with Gasteiger partial charge < -0.3 is 9.67 Å². The molecule has 0 aliphatic heterocycles. The molecule has 0 radical (unpaired) electrons. The van der Waals surface area contributed by atoms with Crippen LogP contribution in [0.5, 0.6) is 0 Å². The van der Waals surface area contributed by atoms with Gasteiger partial charge in [-0.15, -0.1) is 0 Å². The molecular weight excluding hydrogens is 273 g/mol. The first-order valence-corrected chi connectivity index (χ1v) is 6.36. The average Bonchev–Trinajstić information content (AvgIpc) is 2.46. The predicted octanol–water partition coefficient (Wildman–Crippen LogP) is 2.80. The second kappa shape index (κ2) is 6.17. The van der Waals surface area contributed by atoms with Crippen LogP contribution in [0.4, 0.5) is 4.39 Å². The maximum absolute atomic E-state index is 12.8. The first kappa shape index (κ1) is 14.7. The van der Waals surface area contributed by atoms with Crippen LogP contribution < -0.4 is 5.56 Å². The molecule has 1 N–H and O–H groups in total. The Morgan fingerprint density at radius 1 is 1.19 bits per heavy atom. The lowest BCUT2D eigenvalue weighted by Crippen LogP contribution is -2.26. The Morgan fingerprint density at radius 2 is 1.81 bits per heavy atom. The first-order chi connectivity index (χ1) is 9.97. The van der Waals surface area contributed by atoms with Crippen molar-refractivity contribution in [2.45, 2.75) is 13.0 Å². The summed E-state index contributed by atoms with van der Waals surface area (Å²) in [5, 5.41) is 8.90. The van der Waals surface area contributed by atoms with Gasteiger partial charge in [-0.25, -0.2) is 9.18 Å². The summed E-state index contributed by atoms with van der Waals surface area (Å²) in [5.41, 5.74) is 1.07. The van der Waals surface area contributed by atoms with E-state index >= 15 is 0 Å². The van der Waals surface area contributed by atoms with E-state index in [0.29, 0.717) is 5.56 Å². The maximum atomic E-state index is 12.8. The molecule has 2 aromatic rings. The molecule has 0 aliphatic carbocycles. The van der Waals surface area contributed by atoms with Gasteiger partial charge in [-0.1, -0.05) is 24.3 Å². The number of nitrogens with zero attached hydrogens (tertiary/aromatic N) is 1. The van der Waals surface area contributed by atoms with Gasteiger partial charge in [0, 0.05) is 12.3 Å². The van der Waals surface area contributed by atoms with E-state index < -0.39 is 12.0 Å². The highest BCUT2D eigenvalue weighted by atomic mass is 19.1. The summed E-state index contributed by atoms with van der Waals surface area (Å²) in [6, 6.07) is 8.06. The molecule has 0 bridgehead atoms. The minimum absolute atomic E-state index is 0.308. The van der Waals surface area contributed by atoms with Crippen LogP contribution in [0.25, 0.3) is 12.2 Å². The number of hydrogen-bond donors (Lipinski definition) is 1. The third kappa shape index (κ3) is 3.66. The Kier molecular flexibility index (Phi) is 4.33. The van der Waals surface area contributed by atoms with Crippen molar-refractivity contribution < 1.29 is 14.3 Å². The van der Waals surface area contributed by atoms with Crippen LogP contribution in [0.3, 0.4) is 0 Å². The second-order valence-electron chi connectivity index (χ2n) is 4.60. The monoisotopic (exact) mass is 287 g/mol. The summed E-state index contributed by atoms with van der Waals surface area (Å²) in [7, 11) is 0. The smallest absolute Gasteiger partial charge is 0.326 e. The van der Waals surface area contributed by atoms with E-state index in [0.717, 1.165) is 10.1 Å². The second-order valence-corrected chi connectivity index (χ2v) is 4.60. The largest absolute Gasteiger partial charge is 0.480 e. The molecule has 0 saturated carbocycles. The fourth-order valence-corrected chi connectivity index (χ4v) is 1.81. The van der Waals surface area contributed by atoms with Crippen molar-refractivity contribution in [3.8, 4) is 0 Å². The molecule has 1 heterocycles. The van der Waals surface area contributed by atoms with Gasteiger partial charge in [0.05, 0.1) is 0 Å². The summed E-state index contributed by atoms with van der Waals surface area (Å²) in [6.07, 6.45) is 4.91. The minimum Gasteiger partial charge on any atom is -0.480 e. The number of rotatable bonds is 4. The molecule has 0 fully saturated rings. The Bertz CT molecular complexity index is 732. The van der Waals surface area contributed by atoms with Crippen molar-refractivity contribution in [1.82, 2.24) is 4.57 Å². The molecule has 0 amide bonds. The van der Waals surface area contributed by atoms with E-state index in [-0.39, 0.29) is 11.4 Å². The standard InChI is InChI=1S/C16H14FNO3/c1-11(16(20)21)18-9-8-13(10-15(18)19)3-2-12-4-6-14(17)7-5-12/h2-11H,1H3,(H,20,21)/b3-2+. The summed E-state index contributed by atoms with van der Waals surface area (Å²) in [4.78, 5) is 22.7. The molecule has 2 rings (SSSR count). The molecule has 108 valence electrons. The van der Waals surface area contributed by atoms with Crippen LogP contribution in [0, 0.1) is 5.82 Å². The highest BCUT2D eigenvalue weighted by Crippen LogP contribution is 2.09. The molecule has 4 nitrogen and oxygen atoms in total. The van der Waals surface area contributed by atoms with Gasteiger partial charge in [0.1, 0.15) is 11.9 Å². The van der Waals surface area contributed by atoms with E-state index in [1.807, 2.05) is 0 Å².